The minimum atomic E-state index is 0.263. The van der Waals surface area contributed by atoms with Crippen LogP contribution in [-0.2, 0) is 13.0 Å². The van der Waals surface area contributed by atoms with Gasteiger partial charge in [0.2, 0.25) is 0 Å². The standard InChI is InChI=1S/C16H21N2S/c1-16(2,3)9-15-17-13-8-12(19)6-7-14(13)18(15)10-11-4-5-11/h6-8,11H,4-5,9-10H2,1-3H3. The van der Waals surface area contributed by atoms with Crippen molar-refractivity contribution in [2.24, 2.45) is 11.3 Å². The van der Waals surface area contributed by atoms with Gasteiger partial charge in [0.1, 0.15) is 5.82 Å². The number of hydrogen-bond donors (Lipinski definition) is 0. The molecule has 2 aromatic rings. The molecule has 1 aliphatic carbocycles. The summed E-state index contributed by atoms with van der Waals surface area (Å²) in [6, 6.07) is 6.18. The third-order valence-electron chi connectivity index (χ3n) is 3.62. The fourth-order valence-electron chi connectivity index (χ4n) is 2.53. The van der Waals surface area contributed by atoms with Crippen LogP contribution in [0, 0.1) is 11.3 Å². The predicted molar refractivity (Wildman–Crippen MR) is 81.5 cm³/mol. The van der Waals surface area contributed by atoms with Crippen LogP contribution in [0.3, 0.4) is 0 Å². The summed E-state index contributed by atoms with van der Waals surface area (Å²) in [5.74, 6) is 2.08. The number of benzene rings is 1. The van der Waals surface area contributed by atoms with E-state index in [1.807, 2.05) is 12.1 Å². The number of rotatable bonds is 3. The van der Waals surface area contributed by atoms with Crippen molar-refractivity contribution in [3.05, 3.63) is 24.0 Å². The maximum absolute atomic E-state index is 5.25. The van der Waals surface area contributed by atoms with Crippen LogP contribution < -0.4 is 0 Å². The minimum Gasteiger partial charge on any atom is -0.328 e. The number of fused-ring (bicyclic) bond motifs is 1. The highest BCUT2D eigenvalue weighted by atomic mass is 32.1. The largest absolute Gasteiger partial charge is 0.328 e. The number of aromatic nitrogens is 2. The zero-order valence-corrected chi connectivity index (χ0v) is 12.8. The molecule has 0 bridgehead atoms. The van der Waals surface area contributed by atoms with Gasteiger partial charge < -0.3 is 4.57 Å². The highest BCUT2D eigenvalue weighted by Gasteiger charge is 2.25. The van der Waals surface area contributed by atoms with E-state index >= 15 is 0 Å². The van der Waals surface area contributed by atoms with E-state index in [-0.39, 0.29) is 5.41 Å². The highest BCUT2D eigenvalue weighted by Crippen LogP contribution is 2.34. The molecule has 0 saturated heterocycles. The Morgan fingerprint density at radius 3 is 2.68 bits per heavy atom. The predicted octanol–water partition coefficient (Wildman–Crippen LogP) is 4.59. The van der Waals surface area contributed by atoms with Crippen molar-refractivity contribution in [2.75, 3.05) is 0 Å². The molecule has 0 unspecified atom stereocenters. The molecule has 1 aromatic heterocycles. The van der Waals surface area contributed by atoms with E-state index in [0.29, 0.717) is 0 Å². The molecule has 1 aliphatic rings. The number of hydrogen-bond acceptors (Lipinski definition) is 1. The molecule has 3 rings (SSSR count). The van der Waals surface area contributed by atoms with E-state index in [1.165, 1.54) is 24.2 Å². The molecule has 0 amide bonds. The number of nitrogens with zero attached hydrogens (tertiary/aromatic N) is 2. The van der Waals surface area contributed by atoms with Crippen molar-refractivity contribution in [1.29, 1.82) is 0 Å². The van der Waals surface area contributed by atoms with Gasteiger partial charge in [-0.3, -0.25) is 0 Å². The fraction of sp³-hybridized carbons (Fsp3) is 0.562. The summed E-state index contributed by atoms with van der Waals surface area (Å²) in [6.07, 6.45) is 3.75. The van der Waals surface area contributed by atoms with Gasteiger partial charge in [0.05, 0.1) is 11.0 Å². The molecule has 1 radical (unpaired) electrons. The first-order chi connectivity index (χ1) is 8.92. The Bertz CT molecular complexity index is 603. The van der Waals surface area contributed by atoms with E-state index < -0.39 is 0 Å². The van der Waals surface area contributed by atoms with Gasteiger partial charge in [-0.1, -0.05) is 33.4 Å². The van der Waals surface area contributed by atoms with Crippen molar-refractivity contribution in [3.63, 3.8) is 0 Å². The normalized spacial score (nSPS) is 16.2. The quantitative estimate of drug-likeness (QED) is 0.799. The molecular weight excluding hydrogens is 252 g/mol. The molecule has 0 atom stereocenters. The maximum atomic E-state index is 5.25. The fourth-order valence-corrected chi connectivity index (χ4v) is 2.71. The highest BCUT2D eigenvalue weighted by molar-refractivity contribution is 7.80. The SMILES string of the molecule is CC(C)(C)Cc1nc2cc([S])ccc2n1CC1CC1. The second kappa shape index (κ2) is 4.48. The van der Waals surface area contributed by atoms with Gasteiger partial charge in [-0.05, 0) is 42.4 Å². The second-order valence-corrected chi connectivity index (χ2v) is 7.44. The summed E-state index contributed by atoms with van der Waals surface area (Å²) < 4.78 is 2.42. The zero-order chi connectivity index (χ0) is 13.6. The lowest BCUT2D eigenvalue weighted by atomic mass is 9.92. The van der Waals surface area contributed by atoms with E-state index in [4.69, 9.17) is 17.6 Å². The summed E-state index contributed by atoms with van der Waals surface area (Å²) in [7, 11) is 0. The molecular formula is C16H21N2S. The zero-order valence-electron chi connectivity index (χ0n) is 11.9. The van der Waals surface area contributed by atoms with E-state index in [0.717, 1.165) is 29.3 Å². The van der Waals surface area contributed by atoms with Gasteiger partial charge in [-0.25, -0.2) is 4.98 Å². The first-order valence-corrected chi connectivity index (χ1v) is 7.49. The monoisotopic (exact) mass is 273 g/mol. The first kappa shape index (κ1) is 12.9. The van der Waals surface area contributed by atoms with Gasteiger partial charge in [0, 0.05) is 17.9 Å². The van der Waals surface area contributed by atoms with E-state index in [9.17, 15) is 0 Å². The molecule has 3 heteroatoms. The molecule has 101 valence electrons. The molecule has 1 aromatic carbocycles. The van der Waals surface area contributed by atoms with Gasteiger partial charge in [-0.15, -0.1) is 0 Å². The van der Waals surface area contributed by atoms with Crippen LogP contribution in [0.2, 0.25) is 0 Å². The molecule has 1 heterocycles. The Kier molecular flexibility index (Phi) is 3.05. The van der Waals surface area contributed by atoms with Crippen molar-refractivity contribution < 1.29 is 0 Å². The average molecular weight is 273 g/mol. The Labute approximate surface area is 120 Å². The molecule has 0 N–H and O–H groups in total. The first-order valence-electron chi connectivity index (χ1n) is 7.08. The van der Waals surface area contributed by atoms with Crippen molar-refractivity contribution in [1.82, 2.24) is 9.55 Å². The lowest BCUT2D eigenvalue weighted by Gasteiger charge is -2.18. The number of imidazole rings is 1. The van der Waals surface area contributed by atoms with Crippen molar-refractivity contribution in [2.45, 2.75) is 51.5 Å². The van der Waals surface area contributed by atoms with Gasteiger partial charge in [-0.2, -0.15) is 0 Å². The minimum absolute atomic E-state index is 0.263. The van der Waals surface area contributed by atoms with Crippen LogP contribution in [0.5, 0.6) is 0 Å². The topological polar surface area (TPSA) is 17.8 Å². The molecule has 2 nitrogen and oxygen atoms in total. The average Bonchev–Trinajstić information content (AvgIpc) is 3.02. The lowest BCUT2D eigenvalue weighted by Crippen LogP contribution is -2.15. The Hall–Kier alpha value is -1.09. The van der Waals surface area contributed by atoms with Gasteiger partial charge in [0.25, 0.3) is 0 Å². The van der Waals surface area contributed by atoms with Crippen LogP contribution in [0.4, 0.5) is 0 Å². The van der Waals surface area contributed by atoms with Crippen LogP contribution in [0.1, 0.15) is 39.4 Å². The summed E-state index contributed by atoms with van der Waals surface area (Å²) in [6.45, 7) is 7.93. The summed E-state index contributed by atoms with van der Waals surface area (Å²) in [4.78, 5) is 5.72. The maximum Gasteiger partial charge on any atom is 0.110 e. The molecule has 0 aliphatic heterocycles. The molecule has 1 fully saturated rings. The summed E-state index contributed by atoms with van der Waals surface area (Å²) in [5, 5.41) is 0. The Morgan fingerprint density at radius 2 is 2.05 bits per heavy atom. The third-order valence-corrected chi connectivity index (χ3v) is 3.88. The Balaban J connectivity index is 2.06. The summed E-state index contributed by atoms with van der Waals surface area (Å²) in [5.41, 5.74) is 2.58. The van der Waals surface area contributed by atoms with E-state index in [2.05, 4.69) is 31.4 Å². The second-order valence-electron chi connectivity index (χ2n) is 6.97. The van der Waals surface area contributed by atoms with Crippen molar-refractivity contribution in [3.8, 4) is 0 Å². The lowest BCUT2D eigenvalue weighted by molar-refractivity contribution is 0.391. The molecule has 1 saturated carbocycles. The van der Waals surface area contributed by atoms with Crippen molar-refractivity contribution >= 4 is 23.7 Å². The third kappa shape index (κ3) is 2.92. The van der Waals surface area contributed by atoms with Gasteiger partial charge in [0.15, 0.2) is 0 Å². The van der Waals surface area contributed by atoms with Crippen LogP contribution >= 0.6 is 12.6 Å². The Morgan fingerprint density at radius 1 is 1.32 bits per heavy atom. The van der Waals surface area contributed by atoms with Crippen LogP contribution in [0.15, 0.2) is 23.1 Å². The smallest absolute Gasteiger partial charge is 0.110 e. The molecule has 19 heavy (non-hydrogen) atoms. The van der Waals surface area contributed by atoms with E-state index in [1.54, 1.807) is 0 Å². The molecule has 0 spiro atoms. The summed E-state index contributed by atoms with van der Waals surface area (Å²) >= 11 is 5.25. The van der Waals surface area contributed by atoms with Crippen LogP contribution in [-0.4, -0.2) is 9.55 Å². The van der Waals surface area contributed by atoms with Crippen LogP contribution in [0.25, 0.3) is 11.0 Å². The van der Waals surface area contributed by atoms with Gasteiger partial charge >= 0.3 is 0 Å².